The van der Waals surface area contributed by atoms with Gasteiger partial charge in [-0.15, -0.1) is 0 Å². The number of carboxylic acids is 1. The molecule has 0 unspecified atom stereocenters. The van der Waals surface area contributed by atoms with Gasteiger partial charge in [-0.2, -0.15) is 13.2 Å². The number of hydrogen-bond donors (Lipinski definition) is 4. The average molecular weight is 571 g/mol. The lowest BCUT2D eigenvalue weighted by molar-refractivity contribution is -0.192. The lowest BCUT2D eigenvalue weighted by Gasteiger charge is -2.34. The van der Waals surface area contributed by atoms with Crippen molar-refractivity contribution in [3.8, 4) is 0 Å². The zero-order valence-corrected chi connectivity index (χ0v) is 21.9. The van der Waals surface area contributed by atoms with Gasteiger partial charge >= 0.3 is 12.1 Å². The number of aliphatic hydroxyl groups is 1. The monoisotopic (exact) mass is 570 g/mol. The van der Waals surface area contributed by atoms with Crippen LogP contribution in [0.3, 0.4) is 0 Å². The largest absolute Gasteiger partial charge is 0.490 e. The maximum atomic E-state index is 12.7. The van der Waals surface area contributed by atoms with Crippen LogP contribution in [0.15, 0.2) is 48.5 Å². The fraction of sp³-hybridized carbons (Fsp3) is 0.423. The molecule has 2 heterocycles. The normalized spacial score (nSPS) is 19.7. The number of benzene rings is 2. The number of carboxylic acid groups (broad SMARTS) is 1. The molecule has 0 saturated carbocycles. The first-order valence-electron chi connectivity index (χ1n) is 12.3. The quantitative estimate of drug-likeness (QED) is 0.436. The van der Waals surface area contributed by atoms with Gasteiger partial charge in [-0.3, -0.25) is 9.59 Å². The smallest absolute Gasteiger partial charge is 0.475 e. The molecular formula is C26H30ClF3N4O5. The van der Waals surface area contributed by atoms with Crippen LogP contribution >= 0.6 is 11.6 Å². The Morgan fingerprint density at radius 3 is 2.15 bits per heavy atom. The van der Waals surface area contributed by atoms with E-state index in [9.17, 15) is 27.9 Å². The minimum Gasteiger partial charge on any atom is -0.475 e. The van der Waals surface area contributed by atoms with Crippen molar-refractivity contribution in [2.75, 3.05) is 38.1 Å². The van der Waals surface area contributed by atoms with Crippen LogP contribution in [-0.2, 0) is 4.79 Å². The number of aliphatic hydroxyl groups excluding tert-OH is 1. The summed E-state index contributed by atoms with van der Waals surface area (Å²) in [7, 11) is 1.62. The molecule has 4 N–H and O–H groups in total. The van der Waals surface area contributed by atoms with E-state index in [-0.39, 0.29) is 23.9 Å². The number of carbonyl (C=O) groups is 3. The minimum atomic E-state index is -5.08. The van der Waals surface area contributed by atoms with Crippen molar-refractivity contribution in [2.24, 2.45) is 0 Å². The van der Waals surface area contributed by atoms with Crippen molar-refractivity contribution in [1.29, 1.82) is 0 Å². The zero-order valence-electron chi connectivity index (χ0n) is 21.1. The number of alkyl halides is 3. The molecule has 2 aliphatic heterocycles. The number of piperidine rings is 1. The van der Waals surface area contributed by atoms with Gasteiger partial charge in [0.05, 0.1) is 17.7 Å². The number of nitrogens with one attached hydrogen (secondary N) is 2. The van der Waals surface area contributed by atoms with Crippen LogP contribution in [-0.4, -0.2) is 90.5 Å². The highest BCUT2D eigenvalue weighted by Gasteiger charge is 2.38. The van der Waals surface area contributed by atoms with Crippen molar-refractivity contribution >= 4 is 35.1 Å². The summed E-state index contributed by atoms with van der Waals surface area (Å²) in [5, 5.41) is 24.7. The predicted molar refractivity (Wildman–Crippen MR) is 139 cm³/mol. The topological polar surface area (TPSA) is 122 Å². The second-order valence-corrected chi connectivity index (χ2v) is 9.65. The molecular weight excluding hydrogens is 541 g/mol. The molecule has 2 amide bonds. The van der Waals surface area contributed by atoms with Gasteiger partial charge in [-0.25, -0.2) is 4.79 Å². The van der Waals surface area contributed by atoms with Crippen LogP contribution in [0.25, 0.3) is 0 Å². The molecule has 2 aliphatic rings. The number of carbonyl (C=O) groups excluding carboxylic acids is 2. The maximum Gasteiger partial charge on any atom is 0.490 e. The summed E-state index contributed by atoms with van der Waals surface area (Å²) in [4.78, 5) is 37.8. The van der Waals surface area contributed by atoms with E-state index in [2.05, 4.69) is 15.5 Å². The Morgan fingerprint density at radius 2 is 1.59 bits per heavy atom. The van der Waals surface area contributed by atoms with Crippen molar-refractivity contribution in [3.05, 3.63) is 64.7 Å². The van der Waals surface area contributed by atoms with E-state index in [0.717, 1.165) is 18.5 Å². The molecule has 2 saturated heterocycles. The summed E-state index contributed by atoms with van der Waals surface area (Å²) < 4.78 is 31.7. The number of amides is 2. The molecule has 0 spiro atoms. The highest BCUT2D eigenvalue weighted by molar-refractivity contribution is 6.30. The van der Waals surface area contributed by atoms with Gasteiger partial charge < -0.3 is 30.6 Å². The van der Waals surface area contributed by atoms with E-state index in [4.69, 9.17) is 21.5 Å². The molecule has 0 radical (unpaired) electrons. The second kappa shape index (κ2) is 13.1. The fourth-order valence-corrected chi connectivity index (χ4v) is 4.68. The van der Waals surface area contributed by atoms with Crippen molar-refractivity contribution < 1.29 is 37.8 Å². The van der Waals surface area contributed by atoms with E-state index in [0.29, 0.717) is 42.3 Å². The standard InChI is InChI=1S/C24H29ClN4O3.C2HF3O2/c1-26-23(31)19-4-2-3-5-21(19)29-14-20(22(30)15-29)27-18-10-12-28(13-11-18)24(32)16-6-8-17(25)9-7-16;3-2(4,5)1(6)7/h2-9,18,20,22,27,30H,10-15H2,1H3,(H,26,31);(H,6,7)/t20-,22-;/m1./s1. The number of aliphatic carboxylic acids is 1. The Kier molecular flexibility index (Phi) is 10.2. The summed E-state index contributed by atoms with van der Waals surface area (Å²) in [6.07, 6.45) is -3.95. The molecule has 0 bridgehead atoms. The molecule has 13 heteroatoms. The molecule has 2 fully saturated rings. The van der Waals surface area contributed by atoms with Gasteiger partial charge in [0.15, 0.2) is 0 Å². The number of nitrogens with zero attached hydrogens (tertiary/aromatic N) is 2. The molecule has 0 aromatic heterocycles. The summed E-state index contributed by atoms with van der Waals surface area (Å²) in [6.45, 7) is 2.44. The van der Waals surface area contributed by atoms with Crippen molar-refractivity contribution in [2.45, 2.75) is 37.2 Å². The number of hydrogen-bond acceptors (Lipinski definition) is 6. The van der Waals surface area contributed by atoms with Gasteiger partial charge in [0.25, 0.3) is 11.8 Å². The first-order chi connectivity index (χ1) is 18.4. The summed E-state index contributed by atoms with van der Waals surface area (Å²) in [6, 6.07) is 14.6. The van der Waals surface area contributed by atoms with E-state index in [1.165, 1.54) is 0 Å². The number of para-hydroxylation sites is 1. The van der Waals surface area contributed by atoms with Gasteiger partial charge in [-0.05, 0) is 49.2 Å². The molecule has 39 heavy (non-hydrogen) atoms. The van der Waals surface area contributed by atoms with Gasteiger partial charge in [0, 0.05) is 55.5 Å². The first-order valence-corrected chi connectivity index (χ1v) is 12.6. The van der Waals surface area contributed by atoms with Gasteiger partial charge in [0.2, 0.25) is 0 Å². The number of anilines is 1. The summed E-state index contributed by atoms with van der Waals surface area (Å²) in [5.41, 5.74) is 2.09. The van der Waals surface area contributed by atoms with Crippen molar-refractivity contribution in [1.82, 2.24) is 15.5 Å². The van der Waals surface area contributed by atoms with E-state index >= 15 is 0 Å². The third kappa shape index (κ3) is 8.07. The van der Waals surface area contributed by atoms with Gasteiger partial charge in [0.1, 0.15) is 0 Å². The fourth-order valence-electron chi connectivity index (χ4n) is 4.55. The third-order valence-corrected chi connectivity index (χ3v) is 6.82. The predicted octanol–water partition coefficient (Wildman–Crippen LogP) is 2.78. The molecule has 0 aliphatic carbocycles. The lowest BCUT2D eigenvalue weighted by atomic mass is 10.0. The van der Waals surface area contributed by atoms with Crippen LogP contribution in [0, 0.1) is 0 Å². The highest BCUT2D eigenvalue weighted by Crippen LogP contribution is 2.26. The van der Waals surface area contributed by atoms with E-state index in [1.54, 1.807) is 37.4 Å². The van der Waals surface area contributed by atoms with Crippen LogP contribution in [0.4, 0.5) is 18.9 Å². The highest BCUT2D eigenvalue weighted by atomic mass is 35.5. The Labute approximate surface area is 228 Å². The number of likely N-dealkylation sites (tertiary alicyclic amines) is 1. The minimum absolute atomic E-state index is 0.0259. The number of β-amino-alcohol motifs (C(OH)–C–C–N with tert-alkyl or cyclic N) is 1. The molecule has 212 valence electrons. The molecule has 2 aromatic rings. The van der Waals surface area contributed by atoms with Crippen LogP contribution in [0.2, 0.25) is 5.02 Å². The molecule has 2 atom stereocenters. The SMILES string of the molecule is CNC(=O)c1ccccc1N1C[C@@H](O)[C@H](NC2CCN(C(=O)c3ccc(Cl)cc3)CC2)C1.O=C(O)C(F)(F)F. The van der Waals surface area contributed by atoms with E-state index in [1.807, 2.05) is 23.1 Å². The van der Waals surface area contributed by atoms with Crippen LogP contribution in [0.5, 0.6) is 0 Å². The Bertz CT molecular complexity index is 1160. The van der Waals surface area contributed by atoms with Gasteiger partial charge in [-0.1, -0.05) is 23.7 Å². The zero-order chi connectivity index (χ0) is 28.7. The summed E-state index contributed by atoms with van der Waals surface area (Å²) >= 11 is 5.92. The third-order valence-electron chi connectivity index (χ3n) is 6.57. The molecule has 9 nitrogen and oxygen atoms in total. The Balaban J connectivity index is 0.000000532. The molecule has 4 rings (SSSR count). The first kappa shape index (κ1) is 30.2. The second-order valence-electron chi connectivity index (χ2n) is 9.22. The lowest BCUT2D eigenvalue weighted by Crippen LogP contribution is -2.50. The van der Waals surface area contributed by atoms with E-state index < -0.39 is 18.2 Å². The van der Waals surface area contributed by atoms with Crippen LogP contribution in [0.1, 0.15) is 33.6 Å². The van der Waals surface area contributed by atoms with Crippen molar-refractivity contribution in [3.63, 3.8) is 0 Å². The Morgan fingerprint density at radius 1 is 1.00 bits per heavy atom. The summed E-state index contributed by atoms with van der Waals surface area (Å²) in [5.74, 6) is -2.87. The average Bonchev–Trinajstić information content (AvgIpc) is 3.28. The Hall–Kier alpha value is -3.35. The molecule has 2 aromatic carbocycles. The number of rotatable bonds is 5. The maximum absolute atomic E-state index is 12.7. The number of halogens is 4. The van der Waals surface area contributed by atoms with Crippen LogP contribution < -0.4 is 15.5 Å².